The van der Waals surface area contributed by atoms with E-state index in [-0.39, 0.29) is 6.04 Å². The Labute approximate surface area is 97.0 Å². The van der Waals surface area contributed by atoms with Crippen molar-refractivity contribution in [3.63, 3.8) is 0 Å². The average Bonchev–Trinajstić information content (AvgIpc) is 2.25. The van der Waals surface area contributed by atoms with Gasteiger partial charge >= 0.3 is 0 Å². The zero-order chi connectivity index (χ0) is 12.1. The lowest BCUT2D eigenvalue weighted by molar-refractivity contribution is 0.398. The third-order valence-electron chi connectivity index (χ3n) is 2.67. The first-order valence-corrected chi connectivity index (χ1v) is 5.33. The van der Waals surface area contributed by atoms with Gasteiger partial charge in [0, 0.05) is 11.6 Å². The fourth-order valence-corrected chi connectivity index (χ4v) is 1.98. The second kappa shape index (κ2) is 5.53. The lowest BCUT2D eigenvalue weighted by atomic mass is 9.98. The second-order valence-electron chi connectivity index (χ2n) is 3.91. The first-order chi connectivity index (χ1) is 7.63. The van der Waals surface area contributed by atoms with Crippen molar-refractivity contribution in [1.82, 2.24) is 5.32 Å². The van der Waals surface area contributed by atoms with Crippen LogP contribution in [0, 0.1) is 25.2 Å². The summed E-state index contributed by atoms with van der Waals surface area (Å²) in [6.07, 6.45) is 0.440. The van der Waals surface area contributed by atoms with E-state index in [1.54, 1.807) is 7.11 Å². The number of nitriles is 1. The minimum Gasteiger partial charge on any atom is -0.496 e. The van der Waals surface area contributed by atoms with Crippen molar-refractivity contribution in [2.24, 2.45) is 0 Å². The zero-order valence-electron chi connectivity index (χ0n) is 10.3. The number of methoxy groups -OCH3 is 1. The number of ether oxygens (including phenoxy) is 1. The van der Waals surface area contributed by atoms with E-state index in [0.29, 0.717) is 6.42 Å². The molecule has 3 heteroatoms. The van der Waals surface area contributed by atoms with Crippen LogP contribution in [0.3, 0.4) is 0 Å². The molecule has 3 nitrogen and oxygen atoms in total. The highest BCUT2D eigenvalue weighted by Gasteiger charge is 2.16. The SMILES string of the molecule is CNC(CC#N)c1cc(C)cc(C)c1OC. The Balaban J connectivity index is 3.24. The summed E-state index contributed by atoms with van der Waals surface area (Å²) in [4.78, 5) is 0. The molecule has 0 amide bonds. The van der Waals surface area contributed by atoms with Gasteiger partial charge in [-0.2, -0.15) is 5.26 Å². The van der Waals surface area contributed by atoms with Crippen molar-refractivity contribution in [2.75, 3.05) is 14.2 Å². The van der Waals surface area contributed by atoms with Crippen LogP contribution in [-0.2, 0) is 0 Å². The number of benzene rings is 1. The van der Waals surface area contributed by atoms with E-state index >= 15 is 0 Å². The molecule has 1 N–H and O–H groups in total. The lowest BCUT2D eigenvalue weighted by Gasteiger charge is -2.19. The maximum atomic E-state index is 8.80. The summed E-state index contributed by atoms with van der Waals surface area (Å²) in [7, 11) is 3.53. The van der Waals surface area contributed by atoms with E-state index in [2.05, 4.69) is 30.4 Å². The normalized spacial score (nSPS) is 11.9. The Hall–Kier alpha value is -1.53. The highest BCUT2D eigenvalue weighted by Crippen LogP contribution is 2.31. The summed E-state index contributed by atoms with van der Waals surface area (Å²) in [6.45, 7) is 4.07. The fourth-order valence-electron chi connectivity index (χ4n) is 1.98. The summed E-state index contributed by atoms with van der Waals surface area (Å²) in [5.74, 6) is 0.875. The molecule has 0 radical (unpaired) electrons. The van der Waals surface area contributed by atoms with Gasteiger partial charge in [-0.1, -0.05) is 17.7 Å². The summed E-state index contributed by atoms with van der Waals surface area (Å²) in [5.41, 5.74) is 3.35. The van der Waals surface area contributed by atoms with Crippen molar-refractivity contribution in [1.29, 1.82) is 5.26 Å². The molecule has 0 aliphatic heterocycles. The van der Waals surface area contributed by atoms with Crippen molar-refractivity contribution < 1.29 is 4.74 Å². The molecular weight excluding hydrogens is 200 g/mol. The third kappa shape index (κ3) is 2.53. The number of hydrogen-bond acceptors (Lipinski definition) is 3. The van der Waals surface area contributed by atoms with Crippen LogP contribution >= 0.6 is 0 Å². The molecular formula is C13H18N2O. The zero-order valence-corrected chi connectivity index (χ0v) is 10.3. The van der Waals surface area contributed by atoms with Gasteiger partial charge in [0.1, 0.15) is 5.75 Å². The maximum absolute atomic E-state index is 8.80. The van der Waals surface area contributed by atoms with Gasteiger partial charge in [0.05, 0.1) is 19.6 Å². The topological polar surface area (TPSA) is 45.0 Å². The fraction of sp³-hybridized carbons (Fsp3) is 0.462. The van der Waals surface area contributed by atoms with E-state index in [1.165, 1.54) is 5.56 Å². The summed E-state index contributed by atoms with van der Waals surface area (Å²) in [5, 5.41) is 11.9. The van der Waals surface area contributed by atoms with Crippen LogP contribution in [0.15, 0.2) is 12.1 Å². The largest absolute Gasteiger partial charge is 0.496 e. The van der Waals surface area contributed by atoms with Gasteiger partial charge in [-0.25, -0.2) is 0 Å². The van der Waals surface area contributed by atoms with Gasteiger partial charge in [-0.15, -0.1) is 0 Å². The van der Waals surface area contributed by atoms with Crippen LogP contribution in [-0.4, -0.2) is 14.2 Å². The number of rotatable bonds is 4. The predicted octanol–water partition coefficient (Wildman–Crippen LogP) is 2.49. The molecule has 16 heavy (non-hydrogen) atoms. The van der Waals surface area contributed by atoms with Crippen LogP contribution < -0.4 is 10.1 Å². The molecule has 0 spiro atoms. The van der Waals surface area contributed by atoms with Crippen molar-refractivity contribution in [2.45, 2.75) is 26.3 Å². The molecule has 1 aromatic carbocycles. The lowest BCUT2D eigenvalue weighted by Crippen LogP contribution is -2.17. The van der Waals surface area contributed by atoms with Gasteiger partial charge in [0.2, 0.25) is 0 Å². The highest BCUT2D eigenvalue weighted by atomic mass is 16.5. The standard InChI is InChI=1S/C13H18N2O/c1-9-7-10(2)13(16-4)11(8-9)12(15-3)5-6-14/h7-8,12,15H,5H2,1-4H3. The van der Waals surface area contributed by atoms with Gasteiger partial charge in [-0.3, -0.25) is 0 Å². The minimum absolute atomic E-state index is 0.0264. The molecule has 0 fully saturated rings. The Morgan fingerprint density at radius 2 is 2.12 bits per heavy atom. The monoisotopic (exact) mass is 218 g/mol. The summed E-state index contributed by atoms with van der Waals surface area (Å²) < 4.78 is 5.41. The van der Waals surface area contributed by atoms with Crippen LogP contribution in [0.5, 0.6) is 5.75 Å². The van der Waals surface area contributed by atoms with Crippen molar-refractivity contribution in [3.05, 3.63) is 28.8 Å². The molecule has 1 aromatic rings. The number of nitrogens with zero attached hydrogens (tertiary/aromatic N) is 1. The van der Waals surface area contributed by atoms with E-state index in [4.69, 9.17) is 10.00 Å². The summed E-state index contributed by atoms with van der Waals surface area (Å²) >= 11 is 0. The Morgan fingerprint density at radius 1 is 1.44 bits per heavy atom. The first-order valence-electron chi connectivity index (χ1n) is 5.33. The minimum atomic E-state index is 0.0264. The van der Waals surface area contributed by atoms with E-state index in [9.17, 15) is 0 Å². The molecule has 86 valence electrons. The van der Waals surface area contributed by atoms with Crippen molar-refractivity contribution >= 4 is 0 Å². The Kier molecular flexibility index (Phi) is 4.33. The molecule has 0 heterocycles. The number of nitrogens with one attached hydrogen (secondary N) is 1. The maximum Gasteiger partial charge on any atom is 0.126 e. The van der Waals surface area contributed by atoms with Gasteiger partial charge in [-0.05, 0) is 26.5 Å². The Morgan fingerprint density at radius 3 is 2.62 bits per heavy atom. The van der Waals surface area contributed by atoms with Gasteiger partial charge < -0.3 is 10.1 Å². The molecule has 0 saturated carbocycles. The van der Waals surface area contributed by atoms with Crippen LogP contribution in [0.2, 0.25) is 0 Å². The molecule has 1 unspecified atom stereocenters. The van der Waals surface area contributed by atoms with Crippen LogP contribution in [0.4, 0.5) is 0 Å². The van der Waals surface area contributed by atoms with E-state index in [1.807, 2.05) is 14.0 Å². The molecule has 0 aliphatic rings. The van der Waals surface area contributed by atoms with E-state index < -0.39 is 0 Å². The number of aryl methyl sites for hydroxylation is 2. The van der Waals surface area contributed by atoms with Gasteiger partial charge in [0.25, 0.3) is 0 Å². The average molecular weight is 218 g/mol. The Bertz CT molecular complexity index is 407. The molecule has 0 aromatic heterocycles. The summed E-state index contributed by atoms with van der Waals surface area (Å²) in [6, 6.07) is 6.37. The van der Waals surface area contributed by atoms with Crippen molar-refractivity contribution in [3.8, 4) is 11.8 Å². The van der Waals surface area contributed by atoms with Crippen LogP contribution in [0.25, 0.3) is 0 Å². The smallest absolute Gasteiger partial charge is 0.126 e. The number of hydrogen-bond donors (Lipinski definition) is 1. The molecule has 0 saturated heterocycles. The van der Waals surface area contributed by atoms with Gasteiger partial charge in [0.15, 0.2) is 0 Å². The van der Waals surface area contributed by atoms with Crippen LogP contribution in [0.1, 0.15) is 29.2 Å². The quantitative estimate of drug-likeness (QED) is 0.844. The molecule has 1 rings (SSSR count). The predicted molar refractivity (Wildman–Crippen MR) is 64.5 cm³/mol. The highest BCUT2D eigenvalue weighted by molar-refractivity contribution is 5.45. The second-order valence-corrected chi connectivity index (χ2v) is 3.91. The molecule has 0 bridgehead atoms. The molecule has 0 aliphatic carbocycles. The first kappa shape index (κ1) is 12.5. The van der Waals surface area contributed by atoms with E-state index in [0.717, 1.165) is 16.9 Å². The third-order valence-corrected chi connectivity index (χ3v) is 2.67. The molecule has 1 atom stereocenters.